The quantitative estimate of drug-likeness (QED) is 0.837. The minimum atomic E-state index is -4.48. The average molecular weight is 305 g/mol. The van der Waals surface area contributed by atoms with Crippen LogP contribution in [0.2, 0.25) is 0 Å². The van der Waals surface area contributed by atoms with Crippen molar-refractivity contribution in [3.63, 3.8) is 0 Å². The summed E-state index contributed by atoms with van der Waals surface area (Å²) in [5.41, 5.74) is -0.928. The molecule has 0 unspecified atom stereocenters. The number of alkyl halides is 3. The Hall–Kier alpha value is -1.57. The van der Waals surface area contributed by atoms with Crippen molar-refractivity contribution in [3.05, 3.63) is 11.8 Å². The predicted octanol–water partition coefficient (Wildman–Crippen LogP) is 2.32. The molecule has 1 aromatic heterocycles. The van der Waals surface area contributed by atoms with E-state index >= 15 is 0 Å². The van der Waals surface area contributed by atoms with Crippen LogP contribution in [-0.2, 0) is 6.18 Å². The summed E-state index contributed by atoms with van der Waals surface area (Å²) in [5, 5.41) is 2.81. The molecule has 1 rings (SSSR count). The molecule has 0 saturated carbocycles. The minimum Gasteiger partial charge on any atom is -0.358 e. The molecule has 0 saturated heterocycles. The molecule has 21 heavy (non-hydrogen) atoms. The molecule has 0 spiro atoms. The highest BCUT2D eigenvalue weighted by atomic mass is 19.4. The van der Waals surface area contributed by atoms with Crippen molar-refractivity contribution in [3.8, 4) is 0 Å². The van der Waals surface area contributed by atoms with Crippen LogP contribution in [0.1, 0.15) is 19.0 Å². The molecule has 1 aromatic rings. The first-order valence-electron chi connectivity index (χ1n) is 6.80. The molecule has 1 heterocycles. The molecule has 0 fully saturated rings. The van der Waals surface area contributed by atoms with Crippen LogP contribution >= 0.6 is 0 Å². The number of nitrogens with one attached hydrogen (secondary N) is 1. The number of anilines is 2. The van der Waals surface area contributed by atoms with Crippen LogP contribution in [0.3, 0.4) is 0 Å². The number of halogens is 3. The van der Waals surface area contributed by atoms with Crippen molar-refractivity contribution in [1.82, 2.24) is 14.9 Å². The summed E-state index contributed by atoms with van der Waals surface area (Å²) in [5.74, 6) is 0.274. The van der Waals surface area contributed by atoms with Crippen molar-refractivity contribution in [1.29, 1.82) is 0 Å². The first kappa shape index (κ1) is 17.5. The molecule has 0 atom stereocenters. The second-order valence-corrected chi connectivity index (χ2v) is 5.08. The van der Waals surface area contributed by atoms with Gasteiger partial charge in [0.2, 0.25) is 5.95 Å². The predicted molar refractivity (Wildman–Crippen MR) is 77.6 cm³/mol. The Labute approximate surface area is 123 Å². The summed E-state index contributed by atoms with van der Waals surface area (Å²) in [4.78, 5) is 11.3. The van der Waals surface area contributed by atoms with Gasteiger partial charge in [0.25, 0.3) is 0 Å². The molecule has 8 heteroatoms. The Morgan fingerprint density at radius 1 is 1.14 bits per heavy atom. The van der Waals surface area contributed by atoms with Gasteiger partial charge >= 0.3 is 6.18 Å². The first-order chi connectivity index (χ1) is 9.74. The second kappa shape index (κ2) is 7.44. The SMILES string of the molecule is CCCNc1nc(N(C)CCN(C)C)cc(C(F)(F)F)n1. The Kier molecular flexibility index (Phi) is 6.19. The van der Waals surface area contributed by atoms with Gasteiger partial charge in [0, 0.05) is 32.7 Å². The highest BCUT2D eigenvalue weighted by Crippen LogP contribution is 2.30. The lowest BCUT2D eigenvalue weighted by molar-refractivity contribution is -0.141. The number of hydrogen-bond donors (Lipinski definition) is 1. The van der Waals surface area contributed by atoms with E-state index < -0.39 is 11.9 Å². The molecule has 120 valence electrons. The molecule has 0 aliphatic carbocycles. The van der Waals surface area contributed by atoms with Crippen molar-refractivity contribution in [2.24, 2.45) is 0 Å². The average Bonchev–Trinajstić information content (AvgIpc) is 2.41. The standard InChI is InChI=1S/C13H22F3N5/c1-5-6-17-12-18-10(13(14,15)16)9-11(19-12)21(4)8-7-20(2)3/h9H,5-8H2,1-4H3,(H,17,18,19). The molecule has 0 aliphatic heterocycles. The van der Waals surface area contributed by atoms with Gasteiger partial charge in [-0.05, 0) is 20.5 Å². The van der Waals surface area contributed by atoms with Crippen molar-refractivity contribution in [2.45, 2.75) is 19.5 Å². The monoisotopic (exact) mass is 305 g/mol. The lowest BCUT2D eigenvalue weighted by atomic mass is 10.3. The first-order valence-corrected chi connectivity index (χ1v) is 6.80. The Morgan fingerprint density at radius 2 is 1.81 bits per heavy atom. The summed E-state index contributed by atoms with van der Waals surface area (Å²) < 4.78 is 38.7. The van der Waals surface area contributed by atoms with E-state index in [4.69, 9.17) is 0 Å². The van der Waals surface area contributed by atoms with Gasteiger partial charge in [0.05, 0.1) is 0 Å². The molecule has 0 bridgehead atoms. The smallest absolute Gasteiger partial charge is 0.358 e. The van der Waals surface area contributed by atoms with Crippen LogP contribution in [0, 0.1) is 0 Å². The number of likely N-dealkylation sites (N-methyl/N-ethyl adjacent to an activating group) is 2. The number of rotatable bonds is 7. The summed E-state index contributed by atoms with van der Waals surface area (Å²) >= 11 is 0. The lowest BCUT2D eigenvalue weighted by Crippen LogP contribution is -2.29. The maximum atomic E-state index is 12.9. The third kappa shape index (κ3) is 5.74. The molecule has 5 nitrogen and oxygen atoms in total. The summed E-state index contributed by atoms with van der Waals surface area (Å²) in [6.07, 6.45) is -3.70. The lowest BCUT2D eigenvalue weighted by Gasteiger charge is -2.22. The van der Waals surface area contributed by atoms with E-state index in [1.807, 2.05) is 25.9 Å². The number of aromatic nitrogens is 2. The van der Waals surface area contributed by atoms with E-state index in [9.17, 15) is 13.2 Å². The molecule has 0 aromatic carbocycles. The van der Waals surface area contributed by atoms with Gasteiger partial charge in [0.1, 0.15) is 5.82 Å². The van der Waals surface area contributed by atoms with Gasteiger partial charge < -0.3 is 15.1 Å². The fourth-order valence-electron chi connectivity index (χ4n) is 1.56. The molecule has 0 aliphatic rings. The van der Waals surface area contributed by atoms with Crippen molar-refractivity contribution < 1.29 is 13.2 Å². The van der Waals surface area contributed by atoms with E-state index in [1.165, 1.54) is 0 Å². The third-order valence-corrected chi connectivity index (χ3v) is 2.81. The van der Waals surface area contributed by atoms with Crippen molar-refractivity contribution in [2.75, 3.05) is 51.0 Å². The highest BCUT2D eigenvalue weighted by Gasteiger charge is 2.34. The largest absolute Gasteiger partial charge is 0.433 e. The van der Waals surface area contributed by atoms with E-state index in [-0.39, 0.29) is 11.8 Å². The Balaban J connectivity index is 3.00. The van der Waals surface area contributed by atoms with Gasteiger partial charge in [-0.3, -0.25) is 0 Å². The van der Waals surface area contributed by atoms with E-state index in [2.05, 4.69) is 15.3 Å². The number of hydrogen-bond acceptors (Lipinski definition) is 5. The molecule has 0 radical (unpaired) electrons. The summed E-state index contributed by atoms with van der Waals surface area (Å²) in [6, 6.07) is 0.979. The zero-order chi connectivity index (χ0) is 16.0. The maximum Gasteiger partial charge on any atom is 0.433 e. The van der Waals surface area contributed by atoms with E-state index in [0.717, 1.165) is 19.0 Å². The summed E-state index contributed by atoms with van der Waals surface area (Å²) in [7, 11) is 5.53. The maximum absolute atomic E-state index is 12.9. The third-order valence-electron chi connectivity index (χ3n) is 2.81. The van der Waals surface area contributed by atoms with Crippen molar-refractivity contribution >= 4 is 11.8 Å². The van der Waals surface area contributed by atoms with Crippen LogP contribution < -0.4 is 10.2 Å². The molecule has 0 amide bonds. The fourth-order valence-corrected chi connectivity index (χ4v) is 1.56. The fraction of sp³-hybridized carbons (Fsp3) is 0.692. The van der Waals surface area contributed by atoms with Crippen LogP contribution in [0.25, 0.3) is 0 Å². The van der Waals surface area contributed by atoms with Gasteiger partial charge in [-0.2, -0.15) is 18.2 Å². The van der Waals surface area contributed by atoms with Gasteiger partial charge in [-0.15, -0.1) is 0 Å². The van der Waals surface area contributed by atoms with Crippen LogP contribution in [-0.4, -0.2) is 55.6 Å². The molecule has 1 N–H and O–H groups in total. The van der Waals surface area contributed by atoms with Gasteiger partial charge in [-0.25, -0.2) is 4.98 Å². The van der Waals surface area contributed by atoms with Crippen LogP contribution in [0.5, 0.6) is 0 Å². The Morgan fingerprint density at radius 3 is 2.33 bits per heavy atom. The van der Waals surface area contributed by atoms with Gasteiger partial charge in [0.15, 0.2) is 5.69 Å². The second-order valence-electron chi connectivity index (χ2n) is 5.08. The van der Waals surface area contributed by atoms with E-state index in [1.54, 1.807) is 11.9 Å². The van der Waals surface area contributed by atoms with E-state index in [0.29, 0.717) is 13.1 Å². The molecular weight excluding hydrogens is 283 g/mol. The van der Waals surface area contributed by atoms with Crippen LogP contribution in [0.4, 0.5) is 24.9 Å². The topological polar surface area (TPSA) is 44.3 Å². The minimum absolute atomic E-state index is 0.0124. The van der Waals surface area contributed by atoms with Gasteiger partial charge in [-0.1, -0.05) is 6.92 Å². The van der Waals surface area contributed by atoms with Crippen LogP contribution in [0.15, 0.2) is 6.07 Å². The normalized spacial score (nSPS) is 11.8. The highest BCUT2D eigenvalue weighted by molar-refractivity contribution is 5.45. The summed E-state index contributed by atoms with van der Waals surface area (Å²) in [6.45, 7) is 3.75. The zero-order valence-electron chi connectivity index (χ0n) is 12.8. The Bertz CT molecular complexity index is 448. The zero-order valence-corrected chi connectivity index (χ0v) is 12.8. The number of nitrogens with zero attached hydrogens (tertiary/aromatic N) is 4. The molecular formula is C13H22F3N5.